The van der Waals surface area contributed by atoms with Crippen molar-refractivity contribution in [3.8, 4) is 0 Å². The minimum Gasteiger partial charge on any atom is -0.432 e. The van der Waals surface area contributed by atoms with E-state index >= 15 is 0 Å². The normalized spacial score (nSPS) is 19.0. The predicted octanol–water partition coefficient (Wildman–Crippen LogP) is 5.78. The van der Waals surface area contributed by atoms with Crippen LogP contribution in [-0.4, -0.2) is 18.9 Å². The lowest BCUT2D eigenvalue weighted by molar-refractivity contribution is 0.0890. The zero-order valence-corrected chi connectivity index (χ0v) is 18.2. The minimum atomic E-state index is -2.21. The smallest absolute Gasteiger partial charge is 0.188 e. The Balaban J connectivity index is 2.13. The Labute approximate surface area is 155 Å². The molecule has 1 aliphatic carbocycles. The fraction of sp³-hybridized carbons (Fsp3) is 0.682. The summed E-state index contributed by atoms with van der Waals surface area (Å²) < 4.78 is 0. The molecule has 1 aromatic carbocycles. The number of carbonyl (C=O) groups is 1. The van der Waals surface area contributed by atoms with Gasteiger partial charge < -0.3 is 4.80 Å². The van der Waals surface area contributed by atoms with Crippen LogP contribution in [0, 0.1) is 11.3 Å². The number of ketones is 1. The summed E-state index contributed by atoms with van der Waals surface area (Å²) >= 11 is 0. The van der Waals surface area contributed by atoms with E-state index in [0.717, 1.165) is 37.7 Å². The molecule has 0 amide bonds. The highest BCUT2D eigenvalue weighted by Crippen LogP contribution is 2.42. The minimum absolute atomic E-state index is 0.0539. The third-order valence-electron chi connectivity index (χ3n) is 6.08. The Bertz CT molecular complexity index is 632. The first-order valence-corrected chi connectivity index (χ1v) is 12.6. The standard InChI is InChI=1S/C22H36O2Si/c1-21(2,3)15-16-8-9-17-10-11-18(20(23)19(17)14-16)12-13-22(4,5)25(6,7)24/h8-9,14,18,24H,10-13,15H2,1-7H3. The summed E-state index contributed by atoms with van der Waals surface area (Å²) in [4.78, 5) is 23.5. The van der Waals surface area contributed by atoms with Gasteiger partial charge >= 0.3 is 0 Å². The van der Waals surface area contributed by atoms with E-state index in [-0.39, 0.29) is 16.4 Å². The molecule has 2 nitrogen and oxygen atoms in total. The summed E-state index contributed by atoms with van der Waals surface area (Å²) in [5, 5.41) is -0.0539. The van der Waals surface area contributed by atoms with E-state index in [1.54, 1.807) is 0 Å². The van der Waals surface area contributed by atoms with Crippen molar-refractivity contribution in [3.05, 3.63) is 34.9 Å². The summed E-state index contributed by atoms with van der Waals surface area (Å²) in [7, 11) is -2.21. The molecule has 25 heavy (non-hydrogen) atoms. The summed E-state index contributed by atoms with van der Waals surface area (Å²) in [5.74, 6) is 0.443. The van der Waals surface area contributed by atoms with Crippen LogP contribution in [-0.2, 0) is 12.8 Å². The van der Waals surface area contributed by atoms with Crippen LogP contribution in [0.2, 0.25) is 18.1 Å². The van der Waals surface area contributed by atoms with Gasteiger partial charge in [0.2, 0.25) is 0 Å². The van der Waals surface area contributed by atoms with Gasteiger partial charge in [0.1, 0.15) is 0 Å². The molecule has 1 atom stereocenters. The summed E-state index contributed by atoms with van der Waals surface area (Å²) in [5.41, 5.74) is 3.67. The van der Waals surface area contributed by atoms with Gasteiger partial charge in [0.25, 0.3) is 0 Å². The highest BCUT2D eigenvalue weighted by Gasteiger charge is 2.39. The van der Waals surface area contributed by atoms with E-state index in [4.69, 9.17) is 0 Å². The molecule has 0 fully saturated rings. The number of rotatable bonds is 5. The summed E-state index contributed by atoms with van der Waals surface area (Å²) in [6, 6.07) is 6.50. The lowest BCUT2D eigenvalue weighted by atomic mass is 9.78. The van der Waals surface area contributed by atoms with Crippen LogP contribution in [0.15, 0.2) is 18.2 Å². The van der Waals surface area contributed by atoms with Crippen molar-refractivity contribution in [1.29, 1.82) is 0 Å². The fourth-order valence-corrected chi connectivity index (χ4v) is 4.35. The fourth-order valence-electron chi connectivity index (χ4n) is 3.59. The number of fused-ring (bicyclic) bond motifs is 1. The van der Waals surface area contributed by atoms with Gasteiger partial charge in [-0.2, -0.15) is 0 Å². The maximum Gasteiger partial charge on any atom is 0.188 e. The van der Waals surface area contributed by atoms with E-state index in [1.165, 1.54) is 11.1 Å². The van der Waals surface area contributed by atoms with Gasteiger partial charge in [0.05, 0.1) is 0 Å². The number of benzene rings is 1. The molecule has 0 bridgehead atoms. The van der Waals surface area contributed by atoms with Gasteiger partial charge in [-0.05, 0) is 72.8 Å². The second-order valence-corrected chi connectivity index (χ2v) is 14.8. The topological polar surface area (TPSA) is 37.3 Å². The highest BCUT2D eigenvalue weighted by atomic mass is 28.4. The van der Waals surface area contributed by atoms with Crippen molar-refractivity contribution >= 4 is 14.1 Å². The molecule has 2 rings (SSSR count). The molecule has 0 heterocycles. The van der Waals surface area contributed by atoms with E-state index in [9.17, 15) is 9.59 Å². The number of hydrogen-bond acceptors (Lipinski definition) is 2. The number of carbonyl (C=O) groups excluding carboxylic acids is 1. The van der Waals surface area contributed by atoms with Crippen LogP contribution >= 0.6 is 0 Å². The van der Waals surface area contributed by atoms with E-state index in [1.807, 2.05) is 13.1 Å². The lowest BCUT2D eigenvalue weighted by Crippen LogP contribution is -2.39. The average Bonchev–Trinajstić information content (AvgIpc) is 2.44. The van der Waals surface area contributed by atoms with Gasteiger partial charge in [0, 0.05) is 11.5 Å². The van der Waals surface area contributed by atoms with Crippen molar-refractivity contribution in [2.75, 3.05) is 0 Å². The summed E-state index contributed by atoms with van der Waals surface area (Å²) in [6.45, 7) is 15.0. The predicted molar refractivity (Wildman–Crippen MR) is 109 cm³/mol. The molecule has 0 aromatic heterocycles. The van der Waals surface area contributed by atoms with Gasteiger partial charge in [-0.3, -0.25) is 4.79 Å². The molecule has 1 N–H and O–H groups in total. The molecule has 3 heteroatoms. The SMILES string of the molecule is CC(C)(C)Cc1ccc2c(c1)C(=O)C(CCC(C)(C)[Si](C)(C)O)CC2. The molecular formula is C22H36O2Si. The monoisotopic (exact) mass is 360 g/mol. The largest absolute Gasteiger partial charge is 0.432 e. The van der Waals surface area contributed by atoms with Gasteiger partial charge in [-0.1, -0.05) is 46.8 Å². The molecule has 1 unspecified atom stereocenters. The molecule has 0 aliphatic heterocycles. The highest BCUT2D eigenvalue weighted by molar-refractivity contribution is 6.72. The second-order valence-electron chi connectivity index (χ2n) is 10.3. The maximum absolute atomic E-state index is 13.0. The van der Waals surface area contributed by atoms with E-state index in [0.29, 0.717) is 5.78 Å². The van der Waals surface area contributed by atoms with E-state index < -0.39 is 8.32 Å². The average molecular weight is 361 g/mol. The van der Waals surface area contributed by atoms with Gasteiger partial charge in [0.15, 0.2) is 14.1 Å². The molecule has 0 saturated heterocycles. The summed E-state index contributed by atoms with van der Waals surface area (Å²) in [6.07, 6.45) is 4.77. The zero-order chi connectivity index (χ0) is 19.0. The zero-order valence-electron chi connectivity index (χ0n) is 17.2. The first-order chi connectivity index (χ1) is 11.3. The third-order valence-corrected chi connectivity index (χ3v) is 9.64. The molecule has 1 aliphatic rings. The van der Waals surface area contributed by atoms with Crippen LogP contribution in [0.4, 0.5) is 0 Å². The molecular weight excluding hydrogens is 324 g/mol. The molecule has 0 spiro atoms. The van der Waals surface area contributed by atoms with Gasteiger partial charge in [-0.25, -0.2) is 0 Å². The number of aryl methyl sites for hydroxylation is 1. The van der Waals surface area contributed by atoms with Crippen molar-refractivity contribution < 1.29 is 9.59 Å². The first-order valence-electron chi connectivity index (χ1n) is 9.69. The van der Waals surface area contributed by atoms with Crippen LogP contribution in [0.5, 0.6) is 0 Å². The van der Waals surface area contributed by atoms with Crippen molar-refractivity contribution in [3.63, 3.8) is 0 Å². The third kappa shape index (κ3) is 5.04. The Morgan fingerprint density at radius 1 is 1.16 bits per heavy atom. The molecule has 0 saturated carbocycles. The van der Waals surface area contributed by atoms with Crippen LogP contribution in [0.1, 0.15) is 75.4 Å². The molecule has 0 radical (unpaired) electrons. The van der Waals surface area contributed by atoms with Crippen LogP contribution in [0.25, 0.3) is 0 Å². The van der Waals surface area contributed by atoms with Crippen molar-refractivity contribution in [1.82, 2.24) is 0 Å². The van der Waals surface area contributed by atoms with Crippen molar-refractivity contribution in [2.24, 2.45) is 11.3 Å². The molecule has 140 valence electrons. The Kier molecular flexibility index (Phi) is 5.70. The van der Waals surface area contributed by atoms with Crippen molar-refractivity contribution in [2.45, 2.75) is 84.9 Å². The van der Waals surface area contributed by atoms with E-state index in [2.05, 4.69) is 52.8 Å². The Morgan fingerprint density at radius 3 is 2.36 bits per heavy atom. The maximum atomic E-state index is 13.0. The second kappa shape index (κ2) is 7.00. The van der Waals surface area contributed by atoms with Gasteiger partial charge in [-0.15, -0.1) is 0 Å². The van der Waals surface area contributed by atoms with Crippen LogP contribution < -0.4 is 0 Å². The lowest BCUT2D eigenvalue weighted by Gasteiger charge is -2.36. The Morgan fingerprint density at radius 2 is 1.80 bits per heavy atom. The van der Waals surface area contributed by atoms with Crippen LogP contribution in [0.3, 0.4) is 0 Å². The Hall–Kier alpha value is -0.933. The number of hydrogen-bond donors (Lipinski definition) is 1. The quantitative estimate of drug-likeness (QED) is 0.676. The molecule has 1 aromatic rings. The first kappa shape index (κ1) is 20.4. The number of Topliss-reactive ketones (excluding diaryl/α,β-unsaturated/α-hetero) is 1.